The SMILES string of the molecule is C1=CC2=C3CC(OC4CCN5CCC6C=CC=CC6=C5C4)CCN3CCC2C=C1. The van der Waals surface area contributed by atoms with Crippen molar-refractivity contribution < 1.29 is 4.74 Å². The first-order chi connectivity index (χ1) is 14.3. The first-order valence-corrected chi connectivity index (χ1v) is 11.7. The Hall–Kier alpha value is -2.00. The maximum Gasteiger partial charge on any atom is 0.0650 e. The summed E-state index contributed by atoms with van der Waals surface area (Å²) in [7, 11) is 0. The van der Waals surface area contributed by atoms with Crippen LogP contribution < -0.4 is 0 Å². The average molecular weight is 389 g/mol. The van der Waals surface area contributed by atoms with Gasteiger partial charge >= 0.3 is 0 Å². The highest BCUT2D eigenvalue weighted by Crippen LogP contribution is 2.40. The smallest absolute Gasteiger partial charge is 0.0650 e. The molecule has 0 bridgehead atoms. The summed E-state index contributed by atoms with van der Waals surface area (Å²) < 4.78 is 6.78. The molecule has 0 aromatic carbocycles. The number of ether oxygens (including phenoxy) is 1. The molecule has 0 spiro atoms. The van der Waals surface area contributed by atoms with Crippen molar-refractivity contribution >= 4 is 0 Å². The zero-order valence-corrected chi connectivity index (χ0v) is 17.3. The van der Waals surface area contributed by atoms with Crippen molar-refractivity contribution in [2.24, 2.45) is 11.8 Å². The van der Waals surface area contributed by atoms with Crippen LogP contribution >= 0.6 is 0 Å². The van der Waals surface area contributed by atoms with Gasteiger partial charge in [0.25, 0.3) is 0 Å². The molecule has 152 valence electrons. The van der Waals surface area contributed by atoms with E-state index >= 15 is 0 Å². The Morgan fingerprint density at radius 1 is 0.621 bits per heavy atom. The normalized spacial score (nSPS) is 35.4. The molecule has 6 rings (SSSR count). The van der Waals surface area contributed by atoms with E-state index in [9.17, 15) is 0 Å². The number of nitrogens with zero attached hydrogens (tertiary/aromatic N) is 2. The van der Waals surface area contributed by atoms with Gasteiger partial charge in [-0.2, -0.15) is 0 Å². The molecule has 2 fully saturated rings. The highest BCUT2D eigenvalue weighted by Gasteiger charge is 2.35. The molecule has 2 saturated heterocycles. The number of rotatable bonds is 2. The van der Waals surface area contributed by atoms with Crippen LogP contribution in [-0.4, -0.2) is 48.2 Å². The van der Waals surface area contributed by atoms with Crippen molar-refractivity contribution in [3.8, 4) is 0 Å². The van der Waals surface area contributed by atoms with Crippen LogP contribution in [0.5, 0.6) is 0 Å². The summed E-state index contributed by atoms with van der Waals surface area (Å²) in [5.41, 5.74) is 6.24. The van der Waals surface area contributed by atoms with Crippen LogP contribution in [0.25, 0.3) is 0 Å². The fourth-order valence-electron chi connectivity index (χ4n) is 6.25. The van der Waals surface area contributed by atoms with E-state index < -0.39 is 0 Å². The lowest BCUT2D eigenvalue weighted by molar-refractivity contribution is -0.0509. The van der Waals surface area contributed by atoms with Crippen molar-refractivity contribution in [1.29, 1.82) is 0 Å². The van der Waals surface area contributed by atoms with E-state index in [0.29, 0.717) is 24.0 Å². The van der Waals surface area contributed by atoms with Gasteiger partial charge in [-0.25, -0.2) is 0 Å². The lowest BCUT2D eigenvalue weighted by Crippen LogP contribution is -2.44. The van der Waals surface area contributed by atoms with Crippen LogP contribution in [0, 0.1) is 11.8 Å². The number of piperidine rings is 2. The van der Waals surface area contributed by atoms with E-state index in [1.807, 2.05) is 0 Å². The lowest BCUT2D eigenvalue weighted by atomic mass is 9.83. The van der Waals surface area contributed by atoms with Crippen molar-refractivity contribution in [3.05, 3.63) is 71.1 Å². The van der Waals surface area contributed by atoms with Gasteiger partial charge in [-0.05, 0) is 36.8 Å². The van der Waals surface area contributed by atoms with E-state index in [1.165, 1.54) is 38.8 Å². The monoisotopic (exact) mass is 388 g/mol. The summed E-state index contributed by atoms with van der Waals surface area (Å²) in [4.78, 5) is 5.26. The summed E-state index contributed by atoms with van der Waals surface area (Å²) in [6.45, 7) is 4.75. The molecule has 0 radical (unpaired) electrons. The Morgan fingerprint density at radius 3 is 1.62 bits per heavy atom. The van der Waals surface area contributed by atoms with Crippen molar-refractivity contribution in [3.63, 3.8) is 0 Å². The molecular weight excluding hydrogens is 356 g/mol. The number of hydrogen-bond donors (Lipinski definition) is 0. The molecule has 4 aliphatic heterocycles. The summed E-state index contributed by atoms with van der Waals surface area (Å²) in [5, 5.41) is 0. The second-order valence-corrected chi connectivity index (χ2v) is 9.42. The van der Waals surface area contributed by atoms with E-state index in [1.54, 1.807) is 22.5 Å². The molecule has 4 atom stereocenters. The van der Waals surface area contributed by atoms with E-state index in [-0.39, 0.29) is 0 Å². The molecule has 29 heavy (non-hydrogen) atoms. The summed E-state index contributed by atoms with van der Waals surface area (Å²) in [6, 6.07) is 0. The molecule has 2 aliphatic carbocycles. The van der Waals surface area contributed by atoms with Crippen LogP contribution in [0.15, 0.2) is 71.1 Å². The van der Waals surface area contributed by atoms with Gasteiger partial charge in [0.15, 0.2) is 0 Å². The van der Waals surface area contributed by atoms with Gasteiger partial charge in [-0.1, -0.05) is 48.6 Å². The fraction of sp³-hybridized carbons (Fsp3) is 0.538. The summed E-state index contributed by atoms with van der Waals surface area (Å²) in [5.74, 6) is 1.26. The summed E-state index contributed by atoms with van der Waals surface area (Å²) >= 11 is 0. The Balaban J connectivity index is 1.18. The average Bonchev–Trinajstić information content (AvgIpc) is 2.79. The number of allylic oxidation sites excluding steroid dienone is 10. The number of fused-ring (bicyclic) bond motifs is 4. The molecule has 0 amide bonds. The van der Waals surface area contributed by atoms with Crippen LogP contribution in [0.1, 0.15) is 38.5 Å². The van der Waals surface area contributed by atoms with E-state index in [2.05, 4.69) is 58.4 Å². The maximum absolute atomic E-state index is 6.78. The minimum atomic E-state index is 0.384. The largest absolute Gasteiger partial charge is 0.374 e. The van der Waals surface area contributed by atoms with Crippen LogP contribution in [0.2, 0.25) is 0 Å². The molecular formula is C26H32N2O. The van der Waals surface area contributed by atoms with Crippen molar-refractivity contribution in [2.75, 3.05) is 26.2 Å². The predicted molar refractivity (Wildman–Crippen MR) is 117 cm³/mol. The molecule has 3 heteroatoms. The summed E-state index contributed by atoms with van der Waals surface area (Å²) in [6.07, 6.45) is 26.2. The second-order valence-electron chi connectivity index (χ2n) is 9.42. The number of hydrogen-bond acceptors (Lipinski definition) is 3. The second kappa shape index (κ2) is 7.36. The Bertz CT molecular complexity index is 788. The topological polar surface area (TPSA) is 15.7 Å². The Morgan fingerprint density at radius 2 is 1.10 bits per heavy atom. The molecule has 4 heterocycles. The minimum absolute atomic E-state index is 0.384. The van der Waals surface area contributed by atoms with Crippen molar-refractivity contribution in [2.45, 2.75) is 50.7 Å². The molecule has 0 aromatic rings. The van der Waals surface area contributed by atoms with Gasteiger partial charge < -0.3 is 14.5 Å². The molecule has 3 nitrogen and oxygen atoms in total. The maximum atomic E-state index is 6.78. The molecule has 6 aliphatic rings. The Labute approximate surface area is 174 Å². The van der Waals surface area contributed by atoms with E-state index in [4.69, 9.17) is 4.74 Å². The fourth-order valence-corrected chi connectivity index (χ4v) is 6.25. The zero-order valence-electron chi connectivity index (χ0n) is 17.3. The first kappa shape index (κ1) is 17.8. The highest BCUT2D eigenvalue weighted by atomic mass is 16.5. The van der Waals surface area contributed by atoms with Gasteiger partial charge in [0.2, 0.25) is 0 Å². The van der Waals surface area contributed by atoms with Gasteiger partial charge in [0.1, 0.15) is 0 Å². The van der Waals surface area contributed by atoms with Gasteiger partial charge in [0.05, 0.1) is 12.2 Å². The minimum Gasteiger partial charge on any atom is -0.374 e. The molecule has 4 unspecified atom stereocenters. The zero-order chi connectivity index (χ0) is 19.2. The quantitative estimate of drug-likeness (QED) is 0.680. The van der Waals surface area contributed by atoms with Gasteiger partial charge in [0, 0.05) is 62.3 Å². The standard InChI is InChI=1S/C26H32N2O/c1-3-7-23-19(5-1)9-13-27-15-11-21(17-25(23)27)29-22-12-16-28-14-10-20-6-2-4-8-24(20)26(28)18-22/h1-8,19-22H,9-18H2. The van der Waals surface area contributed by atoms with Crippen molar-refractivity contribution in [1.82, 2.24) is 9.80 Å². The third-order valence-corrected chi connectivity index (χ3v) is 7.78. The molecule has 0 saturated carbocycles. The third kappa shape index (κ3) is 3.24. The first-order valence-electron chi connectivity index (χ1n) is 11.7. The molecule has 0 N–H and O–H groups in total. The highest BCUT2D eigenvalue weighted by molar-refractivity contribution is 5.40. The molecule has 0 aromatic heterocycles. The van der Waals surface area contributed by atoms with Gasteiger partial charge in [-0.3, -0.25) is 0 Å². The lowest BCUT2D eigenvalue weighted by Gasteiger charge is -2.45. The van der Waals surface area contributed by atoms with Crippen LogP contribution in [0.3, 0.4) is 0 Å². The Kier molecular flexibility index (Phi) is 4.52. The third-order valence-electron chi connectivity index (χ3n) is 7.78. The van der Waals surface area contributed by atoms with Crippen LogP contribution in [-0.2, 0) is 4.74 Å². The predicted octanol–water partition coefficient (Wildman–Crippen LogP) is 4.73. The van der Waals surface area contributed by atoms with E-state index in [0.717, 1.165) is 25.9 Å². The van der Waals surface area contributed by atoms with Gasteiger partial charge in [-0.15, -0.1) is 0 Å². The van der Waals surface area contributed by atoms with Crippen LogP contribution in [0.4, 0.5) is 0 Å².